The van der Waals surface area contributed by atoms with E-state index in [4.69, 9.17) is 37.4 Å². The smallest absolute Gasteiger partial charge is 0.203 e. The highest BCUT2D eigenvalue weighted by atomic mass is 35.5. The zero-order valence-electron chi connectivity index (χ0n) is 13.4. The summed E-state index contributed by atoms with van der Waals surface area (Å²) in [6.45, 7) is 0. The van der Waals surface area contributed by atoms with Crippen LogP contribution in [0.25, 0.3) is 6.08 Å². The van der Waals surface area contributed by atoms with E-state index in [0.29, 0.717) is 32.9 Å². The van der Waals surface area contributed by atoms with Gasteiger partial charge in [0.2, 0.25) is 5.75 Å². The Morgan fingerprint density at radius 1 is 0.917 bits per heavy atom. The van der Waals surface area contributed by atoms with Crippen molar-refractivity contribution in [1.29, 1.82) is 0 Å². The second-order valence-corrected chi connectivity index (χ2v) is 5.60. The molecule has 0 N–H and O–H groups in total. The Hall–Kier alpha value is -2.17. The average Bonchev–Trinajstić information content (AvgIpc) is 2.60. The molecule has 126 valence electrons. The highest BCUT2D eigenvalue weighted by Crippen LogP contribution is 2.38. The molecular formula is C18H16Cl2O4. The Morgan fingerprint density at radius 3 is 2.04 bits per heavy atom. The van der Waals surface area contributed by atoms with Crippen LogP contribution in [-0.2, 0) is 0 Å². The number of benzene rings is 2. The van der Waals surface area contributed by atoms with E-state index in [-0.39, 0.29) is 5.78 Å². The number of hydrogen-bond acceptors (Lipinski definition) is 4. The molecular weight excluding hydrogens is 351 g/mol. The number of ketones is 1. The van der Waals surface area contributed by atoms with Crippen LogP contribution in [0.15, 0.2) is 36.4 Å². The standard InChI is InChI=1S/C18H16Cl2O4/c1-22-16-8-11(9-17(23-2)18(16)24-3)4-7-15(21)12-5-6-13(19)14(20)10-12/h4-10H,1-3H3. The highest BCUT2D eigenvalue weighted by molar-refractivity contribution is 6.42. The van der Waals surface area contributed by atoms with Gasteiger partial charge in [0.1, 0.15) is 0 Å². The normalized spacial score (nSPS) is 10.7. The van der Waals surface area contributed by atoms with Gasteiger partial charge < -0.3 is 14.2 Å². The quantitative estimate of drug-likeness (QED) is 0.537. The zero-order chi connectivity index (χ0) is 17.7. The summed E-state index contributed by atoms with van der Waals surface area (Å²) in [4.78, 5) is 12.2. The van der Waals surface area contributed by atoms with Gasteiger partial charge in [-0.1, -0.05) is 29.3 Å². The fraction of sp³-hybridized carbons (Fsp3) is 0.167. The fourth-order valence-corrected chi connectivity index (χ4v) is 2.41. The van der Waals surface area contributed by atoms with Gasteiger partial charge in [-0.2, -0.15) is 0 Å². The van der Waals surface area contributed by atoms with Crippen LogP contribution in [0.1, 0.15) is 15.9 Å². The van der Waals surface area contributed by atoms with Gasteiger partial charge in [-0.15, -0.1) is 0 Å². The summed E-state index contributed by atoms with van der Waals surface area (Å²) in [5.41, 5.74) is 1.19. The van der Waals surface area contributed by atoms with Gasteiger partial charge in [0.25, 0.3) is 0 Å². The lowest BCUT2D eigenvalue weighted by atomic mass is 10.1. The molecule has 0 amide bonds. The van der Waals surface area contributed by atoms with Gasteiger partial charge in [0.15, 0.2) is 17.3 Å². The molecule has 0 aliphatic carbocycles. The van der Waals surface area contributed by atoms with E-state index in [9.17, 15) is 4.79 Å². The maximum absolute atomic E-state index is 12.2. The van der Waals surface area contributed by atoms with Crippen LogP contribution < -0.4 is 14.2 Å². The minimum atomic E-state index is -0.192. The molecule has 0 spiro atoms. The molecule has 0 heterocycles. The van der Waals surface area contributed by atoms with Crippen molar-refractivity contribution < 1.29 is 19.0 Å². The third-order valence-electron chi connectivity index (χ3n) is 3.32. The third kappa shape index (κ3) is 4.02. The summed E-state index contributed by atoms with van der Waals surface area (Å²) in [6.07, 6.45) is 3.11. The molecule has 6 heteroatoms. The topological polar surface area (TPSA) is 44.8 Å². The van der Waals surface area contributed by atoms with Crippen LogP contribution in [0.4, 0.5) is 0 Å². The van der Waals surface area contributed by atoms with Crippen molar-refractivity contribution in [2.24, 2.45) is 0 Å². The number of ether oxygens (including phenoxy) is 3. The molecule has 0 saturated carbocycles. The Kier molecular flexibility index (Phi) is 6.12. The lowest BCUT2D eigenvalue weighted by Crippen LogP contribution is -1.96. The van der Waals surface area contributed by atoms with Crippen molar-refractivity contribution >= 4 is 35.1 Å². The largest absolute Gasteiger partial charge is 0.493 e. The lowest BCUT2D eigenvalue weighted by Gasteiger charge is -2.12. The Bertz CT molecular complexity index is 760. The van der Waals surface area contributed by atoms with Crippen molar-refractivity contribution in [2.45, 2.75) is 0 Å². The van der Waals surface area contributed by atoms with Crippen molar-refractivity contribution in [3.05, 3.63) is 57.6 Å². The second-order valence-electron chi connectivity index (χ2n) is 4.79. The summed E-state index contributed by atoms with van der Waals surface area (Å²) >= 11 is 11.8. The van der Waals surface area contributed by atoms with Gasteiger partial charge in [0, 0.05) is 5.56 Å². The minimum Gasteiger partial charge on any atom is -0.493 e. The molecule has 0 bridgehead atoms. The molecule has 0 aromatic heterocycles. The maximum atomic E-state index is 12.2. The number of carbonyl (C=O) groups is 1. The summed E-state index contributed by atoms with van der Waals surface area (Å²) < 4.78 is 15.8. The van der Waals surface area contributed by atoms with Gasteiger partial charge in [-0.25, -0.2) is 0 Å². The second kappa shape index (κ2) is 8.08. The molecule has 2 aromatic carbocycles. The van der Waals surface area contributed by atoms with E-state index in [0.717, 1.165) is 5.56 Å². The number of allylic oxidation sites excluding steroid dienone is 1. The molecule has 0 saturated heterocycles. The van der Waals surface area contributed by atoms with E-state index in [1.807, 2.05) is 0 Å². The number of rotatable bonds is 6. The van der Waals surface area contributed by atoms with Crippen LogP contribution in [0, 0.1) is 0 Å². The summed E-state index contributed by atoms with van der Waals surface area (Å²) in [5.74, 6) is 1.33. The van der Waals surface area contributed by atoms with E-state index in [1.54, 1.807) is 30.3 Å². The SMILES string of the molecule is COc1cc(C=CC(=O)c2ccc(Cl)c(Cl)c2)cc(OC)c1OC. The molecule has 4 nitrogen and oxygen atoms in total. The number of hydrogen-bond donors (Lipinski definition) is 0. The van der Waals surface area contributed by atoms with Gasteiger partial charge in [-0.3, -0.25) is 4.79 Å². The summed E-state index contributed by atoms with van der Waals surface area (Å²) in [6, 6.07) is 8.24. The van der Waals surface area contributed by atoms with E-state index in [2.05, 4.69) is 0 Å². The molecule has 0 radical (unpaired) electrons. The summed E-state index contributed by atoms with van der Waals surface area (Å²) in [5, 5.41) is 0.741. The van der Waals surface area contributed by atoms with Gasteiger partial charge in [-0.05, 0) is 42.0 Å². The van der Waals surface area contributed by atoms with E-state index >= 15 is 0 Å². The zero-order valence-corrected chi connectivity index (χ0v) is 14.9. The van der Waals surface area contributed by atoms with Crippen molar-refractivity contribution in [3.8, 4) is 17.2 Å². The summed E-state index contributed by atoms with van der Waals surface area (Å²) in [7, 11) is 4.60. The maximum Gasteiger partial charge on any atom is 0.203 e. The monoisotopic (exact) mass is 366 g/mol. The molecule has 0 unspecified atom stereocenters. The first-order chi connectivity index (χ1) is 11.5. The van der Waals surface area contributed by atoms with Crippen LogP contribution in [0.3, 0.4) is 0 Å². The molecule has 2 rings (SSSR count). The first-order valence-corrected chi connectivity index (χ1v) is 7.73. The first kappa shape index (κ1) is 18.2. The van der Waals surface area contributed by atoms with Crippen molar-refractivity contribution in [1.82, 2.24) is 0 Å². The van der Waals surface area contributed by atoms with Gasteiger partial charge in [0.05, 0.1) is 31.4 Å². The average molecular weight is 367 g/mol. The predicted molar refractivity (Wildman–Crippen MR) is 95.9 cm³/mol. The van der Waals surface area contributed by atoms with Crippen LogP contribution in [0.2, 0.25) is 10.0 Å². The van der Waals surface area contributed by atoms with Crippen LogP contribution >= 0.6 is 23.2 Å². The Balaban J connectivity index is 2.30. The van der Waals surface area contributed by atoms with Crippen molar-refractivity contribution in [3.63, 3.8) is 0 Å². The number of halogens is 2. The Labute approximate surface area is 150 Å². The molecule has 0 aliphatic rings. The molecule has 2 aromatic rings. The number of methoxy groups -OCH3 is 3. The molecule has 0 atom stereocenters. The van der Waals surface area contributed by atoms with Crippen LogP contribution in [0.5, 0.6) is 17.2 Å². The molecule has 0 aliphatic heterocycles. The fourth-order valence-electron chi connectivity index (χ4n) is 2.12. The number of carbonyl (C=O) groups excluding carboxylic acids is 1. The first-order valence-electron chi connectivity index (χ1n) is 6.97. The van der Waals surface area contributed by atoms with Gasteiger partial charge >= 0.3 is 0 Å². The Morgan fingerprint density at radius 2 is 1.54 bits per heavy atom. The lowest BCUT2D eigenvalue weighted by molar-refractivity contribution is 0.104. The molecule has 0 fully saturated rings. The highest BCUT2D eigenvalue weighted by Gasteiger charge is 2.12. The predicted octanol–water partition coefficient (Wildman–Crippen LogP) is 4.92. The third-order valence-corrected chi connectivity index (χ3v) is 4.06. The van der Waals surface area contributed by atoms with E-state index in [1.165, 1.54) is 33.5 Å². The van der Waals surface area contributed by atoms with Crippen LogP contribution in [-0.4, -0.2) is 27.1 Å². The molecule has 24 heavy (non-hydrogen) atoms. The van der Waals surface area contributed by atoms with E-state index < -0.39 is 0 Å². The van der Waals surface area contributed by atoms with Crippen molar-refractivity contribution in [2.75, 3.05) is 21.3 Å². The minimum absolute atomic E-state index is 0.192.